The molecule has 0 fully saturated rings. The average molecular weight is 323 g/mol. The minimum atomic E-state index is -0.817. The average Bonchev–Trinajstić information content (AvgIpc) is 2.22. The molecule has 0 amide bonds. The van der Waals surface area contributed by atoms with Crippen molar-refractivity contribution in [2.75, 3.05) is 7.11 Å². The van der Waals surface area contributed by atoms with E-state index in [0.29, 0.717) is 5.56 Å². The van der Waals surface area contributed by atoms with Gasteiger partial charge in [0.15, 0.2) is 0 Å². The molecule has 1 rings (SSSR count). The van der Waals surface area contributed by atoms with Gasteiger partial charge in [0.25, 0.3) is 0 Å². The molecule has 2 N–H and O–H groups in total. The molecule has 1 aromatic carbocycles. The van der Waals surface area contributed by atoms with Crippen molar-refractivity contribution in [3.63, 3.8) is 0 Å². The normalized spacial score (nSPS) is 12.3. The van der Waals surface area contributed by atoms with Gasteiger partial charge in [-0.15, -0.1) is 0 Å². The Morgan fingerprint density at radius 1 is 1.67 bits per heavy atom. The van der Waals surface area contributed by atoms with Gasteiger partial charge in [-0.2, -0.15) is 0 Å². The topological polar surface area (TPSA) is 52.3 Å². The Kier molecular flexibility index (Phi) is 4.46. The highest BCUT2D eigenvalue weighted by Gasteiger charge is 2.16. The van der Waals surface area contributed by atoms with Crippen molar-refractivity contribution in [1.29, 1.82) is 0 Å². The number of carbonyl (C=O) groups is 1. The molecular formula is C10H11FINO2. The largest absolute Gasteiger partial charge is 0.468 e. The number of hydrogen-bond donors (Lipinski definition) is 1. The maximum absolute atomic E-state index is 13.3. The third-order valence-corrected chi connectivity index (χ3v) is 2.62. The lowest BCUT2D eigenvalue weighted by Crippen LogP contribution is -2.33. The van der Waals surface area contributed by atoms with Gasteiger partial charge in [-0.3, -0.25) is 4.79 Å². The first-order valence-electron chi connectivity index (χ1n) is 4.32. The van der Waals surface area contributed by atoms with Crippen LogP contribution in [0.15, 0.2) is 18.2 Å². The van der Waals surface area contributed by atoms with Crippen LogP contribution in [-0.4, -0.2) is 19.1 Å². The lowest BCUT2D eigenvalue weighted by atomic mass is 10.1. The summed E-state index contributed by atoms with van der Waals surface area (Å²) >= 11 is 2.07. The van der Waals surface area contributed by atoms with Crippen LogP contribution >= 0.6 is 22.6 Å². The number of halogens is 2. The number of carbonyl (C=O) groups excluding carboxylic acids is 1. The zero-order chi connectivity index (χ0) is 11.4. The second-order valence-electron chi connectivity index (χ2n) is 3.07. The van der Waals surface area contributed by atoms with E-state index in [9.17, 15) is 9.18 Å². The molecule has 5 heteroatoms. The fourth-order valence-corrected chi connectivity index (χ4v) is 1.73. The maximum atomic E-state index is 13.3. The summed E-state index contributed by atoms with van der Waals surface area (Å²) in [5, 5.41) is 0. The first kappa shape index (κ1) is 12.4. The predicted octanol–water partition coefficient (Wildman–Crippen LogP) is 1.47. The summed E-state index contributed by atoms with van der Waals surface area (Å²) in [6.07, 6.45) is 0.148. The van der Waals surface area contributed by atoms with Gasteiger partial charge in [-0.25, -0.2) is 4.39 Å². The molecule has 3 nitrogen and oxygen atoms in total. The van der Waals surface area contributed by atoms with Gasteiger partial charge >= 0.3 is 5.97 Å². The summed E-state index contributed by atoms with van der Waals surface area (Å²) in [4.78, 5) is 11.0. The summed E-state index contributed by atoms with van der Waals surface area (Å²) in [6, 6.07) is 3.87. The Labute approximate surface area is 101 Å². The minimum Gasteiger partial charge on any atom is -0.468 e. The number of nitrogens with two attached hydrogens (primary N) is 1. The van der Waals surface area contributed by atoms with Crippen LogP contribution in [0.5, 0.6) is 0 Å². The summed E-state index contributed by atoms with van der Waals surface area (Å²) in [7, 11) is 1.26. The molecule has 82 valence electrons. The van der Waals surface area contributed by atoms with Crippen LogP contribution in [0, 0.1) is 9.39 Å². The molecule has 0 saturated heterocycles. The van der Waals surface area contributed by atoms with E-state index < -0.39 is 12.0 Å². The van der Waals surface area contributed by atoms with Gasteiger partial charge in [0.05, 0.1) is 7.11 Å². The lowest BCUT2D eigenvalue weighted by molar-refractivity contribution is -0.142. The van der Waals surface area contributed by atoms with Crippen LogP contribution in [0.4, 0.5) is 4.39 Å². The molecule has 0 aliphatic rings. The molecule has 0 aromatic heterocycles. The van der Waals surface area contributed by atoms with Gasteiger partial charge in [-0.05, 0) is 46.4 Å². The van der Waals surface area contributed by atoms with Crippen LogP contribution in [0.1, 0.15) is 5.56 Å². The van der Waals surface area contributed by atoms with Crippen molar-refractivity contribution in [3.05, 3.63) is 33.1 Å². The summed E-state index contributed by atoms with van der Waals surface area (Å²) in [5.41, 5.74) is 5.97. The van der Waals surface area contributed by atoms with Crippen LogP contribution in [0.3, 0.4) is 0 Å². The highest BCUT2D eigenvalue weighted by Crippen LogP contribution is 2.14. The van der Waals surface area contributed by atoms with Crippen LogP contribution < -0.4 is 5.73 Å². The third kappa shape index (κ3) is 3.42. The fraction of sp³-hybridized carbons (Fsp3) is 0.300. The molecule has 1 unspecified atom stereocenters. The molecule has 15 heavy (non-hydrogen) atoms. The van der Waals surface area contributed by atoms with Crippen molar-refractivity contribution in [3.8, 4) is 0 Å². The van der Waals surface area contributed by atoms with Crippen molar-refractivity contribution in [1.82, 2.24) is 0 Å². The number of esters is 1. The molecule has 0 aliphatic heterocycles. The zero-order valence-corrected chi connectivity index (χ0v) is 10.3. The van der Waals surface area contributed by atoms with Crippen LogP contribution in [-0.2, 0) is 16.0 Å². The van der Waals surface area contributed by atoms with Crippen LogP contribution in [0.25, 0.3) is 0 Å². The van der Waals surface area contributed by atoms with E-state index in [4.69, 9.17) is 5.73 Å². The second-order valence-corrected chi connectivity index (χ2v) is 4.32. The quantitative estimate of drug-likeness (QED) is 0.677. The third-order valence-electron chi connectivity index (χ3n) is 1.95. The van der Waals surface area contributed by atoms with Crippen molar-refractivity contribution < 1.29 is 13.9 Å². The van der Waals surface area contributed by atoms with Gasteiger partial charge in [0, 0.05) is 9.99 Å². The Morgan fingerprint density at radius 3 is 2.93 bits per heavy atom. The molecule has 0 aliphatic carbocycles. The van der Waals surface area contributed by atoms with E-state index in [1.54, 1.807) is 12.1 Å². The van der Waals surface area contributed by atoms with E-state index >= 15 is 0 Å². The molecule has 0 bridgehead atoms. The summed E-state index contributed by atoms with van der Waals surface area (Å²) in [6.45, 7) is 0. The van der Waals surface area contributed by atoms with E-state index in [-0.39, 0.29) is 12.2 Å². The van der Waals surface area contributed by atoms with E-state index in [1.807, 2.05) is 0 Å². The highest BCUT2D eigenvalue weighted by atomic mass is 127. The predicted molar refractivity (Wildman–Crippen MR) is 62.8 cm³/mol. The molecular weight excluding hydrogens is 312 g/mol. The van der Waals surface area contributed by atoms with Gasteiger partial charge < -0.3 is 10.5 Å². The number of rotatable bonds is 3. The van der Waals surface area contributed by atoms with Crippen molar-refractivity contribution >= 4 is 28.6 Å². The molecule has 0 saturated carbocycles. The Bertz CT molecular complexity index is 370. The molecule has 0 spiro atoms. The van der Waals surface area contributed by atoms with Crippen LogP contribution in [0.2, 0.25) is 0 Å². The zero-order valence-electron chi connectivity index (χ0n) is 8.17. The summed E-state index contributed by atoms with van der Waals surface area (Å²) < 4.78 is 18.7. The van der Waals surface area contributed by atoms with Crippen molar-refractivity contribution in [2.45, 2.75) is 12.5 Å². The number of benzene rings is 1. The van der Waals surface area contributed by atoms with Gasteiger partial charge in [-0.1, -0.05) is 0 Å². The first-order valence-corrected chi connectivity index (χ1v) is 5.40. The second kappa shape index (κ2) is 5.41. The van der Waals surface area contributed by atoms with Gasteiger partial charge in [0.1, 0.15) is 11.9 Å². The fourth-order valence-electron chi connectivity index (χ4n) is 1.17. The number of ether oxygens (including phenoxy) is 1. The SMILES string of the molecule is COC(=O)C(N)Cc1cc(I)ccc1F. The molecule has 0 heterocycles. The molecule has 1 atom stereocenters. The Morgan fingerprint density at radius 2 is 2.33 bits per heavy atom. The standard InChI is InChI=1S/C10H11FINO2/c1-15-10(14)9(13)5-6-4-7(12)2-3-8(6)11/h2-4,9H,5,13H2,1H3. The highest BCUT2D eigenvalue weighted by molar-refractivity contribution is 14.1. The molecule has 0 radical (unpaired) electrons. The van der Waals surface area contributed by atoms with Crippen molar-refractivity contribution in [2.24, 2.45) is 5.73 Å². The Hall–Kier alpha value is -0.690. The monoisotopic (exact) mass is 323 g/mol. The number of hydrogen-bond acceptors (Lipinski definition) is 3. The molecule has 1 aromatic rings. The Balaban J connectivity index is 2.80. The minimum absolute atomic E-state index is 0.148. The van der Waals surface area contributed by atoms with Gasteiger partial charge in [0.2, 0.25) is 0 Å². The smallest absolute Gasteiger partial charge is 0.322 e. The van der Waals surface area contributed by atoms with E-state index in [0.717, 1.165) is 3.57 Å². The maximum Gasteiger partial charge on any atom is 0.322 e. The lowest BCUT2D eigenvalue weighted by Gasteiger charge is -2.10. The van der Waals surface area contributed by atoms with E-state index in [1.165, 1.54) is 13.2 Å². The number of methoxy groups -OCH3 is 1. The first-order chi connectivity index (χ1) is 7.04. The summed E-state index contributed by atoms with van der Waals surface area (Å²) in [5.74, 6) is -0.886. The van der Waals surface area contributed by atoms with E-state index in [2.05, 4.69) is 27.3 Å².